The van der Waals surface area contributed by atoms with Crippen molar-refractivity contribution in [1.82, 2.24) is 4.90 Å². The summed E-state index contributed by atoms with van der Waals surface area (Å²) in [5.74, 6) is 0. The minimum Gasteiger partial charge on any atom is -0.383 e. The molecule has 0 aromatic heterocycles. The van der Waals surface area contributed by atoms with Crippen LogP contribution in [-0.2, 0) is 16.0 Å². The van der Waals surface area contributed by atoms with Gasteiger partial charge in [-0.15, -0.1) is 0 Å². The summed E-state index contributed by atoms with van der Waals surface area (Å²) in [6, 6.07) is 10.4. The van der Waals surface area contributed by atoms with Crippen molar-refractivity contribution in [1.29, 1.82) is 5.26 Å². The summed E-state index contributed by atoms with van der Waals surface area (Å²) in [6.45, 7) is 2.37. The predicted octanol–water partition coefficient (Wildman–Crippen LogP) is 1.79. The standard InChI is InChI=1S/C15H20N2O2/c1-18-11-14-7-15(19-2)10-17(14)9-13-6-4-3-5-12(13)8-16/h3-6,14-15H,7,9-11H2,1-2H3/t14-,15-/m0/s1. The monoisotopic (exact) mass is 260 g/mol. The van der Waals surface area contributed by atoms with Crippen molar-refractivity contribution < 1.29 is 9.47 Å². The average Bonchev–Trinajstić information content (AvgIpc) is 2.82. The van der Waals surface area contributed by atoms with E-state index in [1.54, 1.807) is 14.2 Å². The van der Waals surface area contributed by atoms with Crippen LogP contribution in [0, 0.1) is 11.3 Å². The Labute approximate surface area is 114 Å². The van der Waals surface area contributed by atoms with Crippen LogP contribution in [0.1, 0.15) is 17.5 Å². The highest BCUT2D eigenvalue weighted by molar-refractivity contribution is 5.37. The van der Waals surface area contributed by atoms with Crippen molar-refractivity contribution >= 4 is 0 Å². The lowest BCUT2D eigenvalue weighted by atomic mass is 10.1. The van der Waals surface area contributed by atoms with Crippen molar-refractivity contribution in [3.63, 3.8) is 0 Å². The van der Waals surface area contributed by atoms with E-state index in [9.17, 15) is 0 Å². The summed E-state index contributed by atoms with van der Waals surface area (Å²) in [7, 11) is 3.47. The third-order valence-corrected chi connectivity index (χ3v) is 3.69. The summed E-state index contributed by atoms with van der Waals surface area (Å²) in [5, 5.41) is 9.14. The number of ether oxygens (including phenoxy) is 2. The molecule has 1 aromatic carbocycles. The van der Waals surface area contributed by atoms with Crippen LogP contribution < -0.4 is 0 Å². The highest BCUT2D eigenvalue weighted by Crippen LogP contribution is 2.23. The third kappa shape index (κ3) is 3.32. The first-order valence-electron chi connectivity index (χ1n) is 6.52. The number of rotatable bonds is 5. The molecule has 19 heavy (non-hydrogen) atoms. The van der Waals surface area contributed by atoms with Crippen molar-refractivity contribution in [3.8, 4) is 6.07 Å². The molecule has 4 heteroatoms. The molecule has 0 aliphatic carbocycles. The second-order valence-corrected chi connectivity index (χ2v) is 4.90. The maximum absolute atomic E-state index is 9.14. The van der Waals surface area contributed by atoms with E-state index in [2.05, 4.69) is 11.0 Å². The van der Waals surface area contributed by atoms with Gasteiger partial charge in [-0.1, -0.05) is 18.2 Å². The van der Waals surface area contributed by atoms with E-state index >= 15 is 0 Å². The van der Waals surface area contributed by atoms with Crippen molar-refractivity contribution in [2.45, 2.75) is 25.1 Å². The van der Waals surface area contributed by atoms with Crippen LogP contribution in [0.2, 0.25) is 0 Å². The Morgan fingerprint density at radius 3 is 2.84 bits per heavy atom. The second-order valence-electron chi connectivity index (χ2n) is 4.90. The van der Waals surface area contributed by atoms with Gasteiger partial charge in [0, 0.05) is 33.4 Å². The van der Waals surface area contributed by atoms with Gasteiger partial charge in [-0.05, 0) is 18.1 Å². The Morgan fingerprint density at radius 2 is 2.16 bits per heavy atom. The molecule has 0 saturated carbocycles. The number of benzene rings is 1. The molecular weight excluding hydrogens is 240 g/mol. The maximum atomic E-state index is 9.14. The van der Waals surface area contributed by atoms with Gasteiger partial charge >= 0.3 is 0 Å². The number of hydrogen-bond acceptors (Lipinski definition) is 4. The molecule has 0 bridgehead atoms. The van der Waals surface area contributed by atoms with E-state index in [4.69, 9.17) is 14.7 Å². The van der Waals surface area contributed by atoms with Crippen LogP contribution in [0.25, 0.3) is 0 Å². The minimum atomic E-state index is 0.259. The largest absolute Gasteiger partial charge is 0.383 e. The van der Waals surface area contributed by atoms with Gasteiger partial charge < -0.3 is 9.47 Å². The zero-order valence-electron chi connectivity index (χ0n) is 11.5. The van der Waals surface area contributed by atoms with E-state index in [0.29, 0.717) is 12.6 Å². The van der Waals surface area contributed by atoms with E-state index in [1.165, 1.54) is 0 Å². The fraction of sp³-hybridized carbons (Fsp3) is 0.533. The summed E-state index contributed by atoms with van der Waals surface area (Å²) in [5.41, 5.74) is 1.82. The molecule has 0 unspecified atom stereocenters. The molecule has 1 heterocycles. The molecule has 1 aliphatic rings. The lowest BCUT2D eigenvalue weighted by Gasteiger charge is -2.23. The number of nitriles is 1. The molecule has 0 amide bonds. The summed E-state index contributed by atoms with van der Waals surface area (Å²) in [6.07, 6.45) is 1.24. The fourth-order valence-corrected chi connectivity index (χ4v) is 2.65. The molecule has 1 saturated heterocycles. The highest BCUT2D eigenvalue weighted by atomic mass is 16.5. The van der Waals surface area contributed by atoms with E-state index in [0.717, 1.165) is 30.6 Å². The first-order valence-corrected chi connectivity index (χ1v) is 6.52. The average molecular weight is 260 g/mol. The first-order chi connectivity index (χ1) is 9.28. The predicted molar refractivity (Wildman–Crippen MR) is 72.6 cm³/mol. The SMILES string of the molecule is COC[C@@H]1C[C@H](OC)CN1Cc1ccccc1C#N. The Morgan fingerprint density at radius 1 is 1.37 bits per heavy atom. The molecule has 1 aromatic rings. The van der Waals surface area contributed by atoms with Gasteiger partial charge in [0.2, 0.25) is 0 Å². The van der Waals surface area contributed by atoms with Gasteiger partial charge in [0.15, 0.2) is 0 Å². The Balaban J connectivity index is 2.10. The van der Waals surface area contributed by atoms with Crippen molar-refractivity contribution in [2.24, 2.45) is 0 Å². The van der Waals surface area contributed by atoms with E-state index < -0.39 is 0 Å². The number of nitrogens with zero attached hydrogens (tertiary/aromatic N) is 2. The number of hydrogen-bond donors (Lipinski definition) is 0. The Kier molecular flexibility index (Phi) is 4.92. The molecule has 0 radical (unpaired) electrons. The van der Waals surface area contributed by atoms with Crippen LogP contribution in [0.4, 0.5) is 0 Å². The lowest BCUT2D eigenvalue weighted by molar-refractivity contribution is 0.106. The smallest absolute Gasteiger partial charge is 0.0995 e. The van der Waals surface area contributed by atoms with Gasteiger partial charge in [-0.3, -0.25) is 4.90 Å². The summed E-state index contributed by atoms with van der Waals surface area (Å²) < 4.78 is 10.7. The zero-order chi connectivity index (χ0) is 13.7. The topological polar surface area (TPSA) is 45.5 Å². The normalized spacial score (nSPS) is 23.4. The third-order valence-electron chi connectivity index (χ3n) is 3.69. The van der Waals surface area contributed by atoms with Crippen LogP contribution in [0.3, 0.4) is 0 Å². The van der Waals surface area contributed by atoms with E-state index in [-0.39, 0.29) is 6.10 Å². The van der Waals surface area contributed by atoms with Crippen molar-refractivity contribution in [2.75, 3.05) is 27.4 Å². The highest BCUT2D eigenvalue weighted by Gasteiger charge is 2.32. The molecular formula is C15H20N2O2. The second kappa shape index (κ2) is 6.67. The molecule has 1 fully saturated rings. The van der Waals surface area contributed by atoms with Gasteiger partial charge in [-0.2, -0.15) is 5.26 Å². The Bertz CT molecular complexity index is 456. The van der Waals surface area contributed by atoms with Crippen LogP contribution >= 0.6 is 0 Å². The zero-order valence-corrected chi connectivity index (χ0v) is 11.5. The van der Waals surface area contributed by atoms with Gasteiger partial charge in [0.1, 0.15) is 0 Å². The molecule has 4 nitrogen and oxygen atoms in total. The molecule has 1 aliphatic heterocycles. The van der Waals surface area contributed by atoms with Gasteiger partial charge in [-0.25, -0.2) is 0 Å². The van der Waals surface area contributed by atoms with Crippen LogP contribution in [0.15, 0.2) is 24.3 Å². The van der Waals surface area contributed by atoms with Gasteiger partial charge in [0.25, 0.3) is 0 Å². The van der Waals surface area contributed by atoms with Gasteiger partial charge in [0.05, 0.1) is 24.3 Å². The maximum Gasteiger partial charge on any atom is 0.0995 e. The molecule has 0 spiro atoms. The minimum absolute atomic E-state index is 0.259. The number of methoxy groups -OCH3 is 2. The summed E-state index contributed by atoms with van der Waals surface area (Å²) >= 11 is 0. The number of likely N-dealkylation sites (tertiary alicyclic amines) is 1. The molecule has 0 N–H and O–H groups in total. The van der Waals surface area contributed by atoms with E-state index in [1.807, 2.05) is 24.3 Å². The Hall–Kier alpha value is -1.41. The van der Waals surface area contributed by atoms with Crippen LogP contribution in [0.5, 0.6) is 0 Å². The fourth-order valence-electron chi connectivity index (χ4n) is 2.65. The summed E-state index contributed by atoms with van der Waals surface area (Å²) in [4.78, 5) is 2.34. The quantitative estimate of drug-likeness (QED) is 0.809. The lowest BCUT2D eigenvalue weighted by Crippen LogP contribution is -2.32. The first kappa shape index (κ1) is 14.0. The molecule has 2 rings (SSSR count). The molecule has 2 atom stereocenters. The van der Waals surface area contributed by atoms with Crippen LogP contribution in [-0.4, -0.2) is 44.4 Å². The molecule has 102 valence electrons. The van der Waals surface area contributed by atoms with Crippen molar-refractivity contribution in [3.05, 3.63) is 35.4 Å².